The number of carbonyl (C=O) groups excluding carboxylic acids is 1. The quantitative estimate of drug-likeness (QED) is 0.509. The van der Waals surface area contributed by atoms with Crippen LogP contribution in [0, 0.1) is 0 Å². The molecule has 0 aliphatic heterocycles. The molecule has 4 rings (SSSR count). The van der Waals surface area contributed by atoms with Gasteiger partial charge in [-0.1, -0.05) is 96.2 Å². The zero-order valence-electron chi connectivity index (χ0n) is 15.4. The summed E-state index contributed by atoms with van der Waals surface area (Å²) in [5.74, 6) is -0.284. The van der Waals surface area contributed by atoms with E-state index in [-0.39, 0.29) is 12.5 Å². The molecule has 0 radical (unpaired) electrons. The number of ether oxygens (including phenoxy) is 1. The smallest absolute Gasteiger partial charge is 0.348 e. The van der Waals surface area contributed by atoms with Crippen LogP contribution >= 0.6 is 0 Å². The zero-order chi connectivity index (χ0) is 20.1. The van der Waals surface area contributed by atoms with Gasteiger partial charge in [-0.25, -0.2) is 4.79 Å². The van der Waals surface area contributed by atoms with E-state index >= 15 is 0 Å². The van der Waals surface area contributed by atoms with E-state index in [0.29, 0.717) is 17.0 Å². The second-order valence-corrected chi connectivity index (χ2v) is 6.40. The maximum Gasteiger partial charge on any atom is 0.348 e. The van der Waals surface area contributed by atoms with Gasteiger partial charge in [-0.3, -0.25) is 0 Å². The van der Waals surface area contributed by atoms with Crippen LogP contribution in [-0.2, 0) is 21.7 Å². The van der Waals surface area contributed by atoms with Crippen LogP contribution < -0.4 is 0 Å². The van der Waals surface area contributed by atoms with E-state index in [9.17, 15) is 9.90 Å². The topological polar surface area (TPSA) is 85.5 Å². The van der Waals surface area contributed by atoms with Crippen molar-refractivity contribution in [1.82, 2.24) is 10.1 Å². The lowest BCUT2D eigenvalue weighted by atomic mass is 9.86. The van der Waals surface area contributed by atoms with E-state index in [1.807, 2.05) is 42.5 Å². The Morgan fingerprint density at radius 3 is 1.93 bits per heavy atom. The van der Waals surface area contributed by atoms with Crippen LogP contribution in [-0.4, -0.2) is 21.2 Å². The monoisotopic (exact) mass is 386 g/mol. The maximum atomic E-state index is 13.0. The van der Waals surface area contributed by atoms with Crippen LogP contribution in [0.25, 0.3) is 11.4 Å². The fourth-order valence-electron chi connectivity index (χ4n) is 3.01. The molecule has 0 bridgehead atoms. The highest BCUT2D eigenvalue weighted by Gasteiger charge is 2.41. The third-order valence-electron chi connectivity index (χ3n) is 4.51. The predicted molar refractivity (Wildman–Crippen MR) is 105 cm³/mol. The second kappa shape index (κ2) is 8.08. The van der Waals surface area contributed by atoms with Gasteiger partial charge < -0.3 is 14.4 Å². The Kier molecular flexibility index (Phi) is 5.18. The van der Waals surface area contributed by atoms with Gasteiger partial charge in [0.15, 0.2) is 6.61 Å². The highest BCUT2D eigenvalue weighted by atomic mass is 16.6. The minimum atomic E-state index is -1.95. The molecular weight excluding hydrogens is 368 g/mol. The number of carbonyl (C=O) groups is 1. The van der Waals surface area contributed by atoms with Crippen molar-refractivity contribution in [3.05, 3.63) is 108 Å². The van der Waals surface area contributed by atoms with Gasteiger partial charge in [0.1, 0.15) is 0 Å². The van der Waals surface area contributed by atoms with Crippen LogP contribution in [0.2, 0.25) is 0 Å². The first-order valence-electron chi connectivity index (χ1n) is 9.06. The van der Waals surface area contributed by atoms with Crippen molar-refractivity contribution in [2.24, 2.45) is 0 Å². The Hall–Kier alpha value is -3.77. The second-order valence-electron chi connectivity index (χ2n) is 6.40. The zero-order valence-corrected chi connectivity index (χ0v) is 15.4. The average molecular weight is 386 g/mol. The Bertz CT molecular complexity index is 1040. The molecule has 0 atom stereocenters. The van der Waals surface area contributed by atoms with Crippen LogP contribution in [0.3, 0.4) is 0 Å². The van der Waals surface area contributed by atoms with Crippen molar-refractivity contribution in [1.29, 1.82) is 0 Å². The molecule has 29 heavy (non-hydrogen) atoms. The summed E-state index contributed by atoms with van der Waals surface area (Å²) in [5, 5.41) is 15.2. The van der Waals surface area contributed by atoms with E-state index in [1.165, 1.54) is 0 Å². The fourth-order valence-corrected chi connectivity index (χ4v) is 3.01. The van der Waals surface area contributed by atoms with Crippen LogP contribution in [0.1, 0.15) is 17.0 Å². The van der Waals surface area contributed by atoms with Gasteiger partial charge >= 0.3 is 5.97 Å². The van der Waals surface area contributed by atoms with E-state index in [1.54, 1.807) is 48.5 Å². The Balaban J connectivity index is 1.56. The number of aliphatic hydroxyl groups is 1. The molecule has 6 nitrogen and oxygen atoms in total. The highest BCUT2D eigenvalue weighted by molar-refractivity contribution is 5.85. The average Bonchev–Trinajstić information content (AvgIpc) is 3.28. The van der Waals surface area contributed by atoms with Gasteiger partial charge in [0.25, 0.3) is 5.89 Å². The number of nitrogens with zero attached hydrogens (tertiary/aromatic N) is 2. The highest BCUT2D eigenvalue weighted by Crippen LogP contribution is 2.31. The molecule has 3 aromatic carbocycles. The SMILES string of the molecule is O=C(OCc1nc(-c2ccccc2)no1)C(O)(c1ccccc1)c1ccccc1. The standard InChI is InChI=1S/C23H18N2O4/c26-22(28-16-20-24-21(25-29-20)17-10-4-1-5-11-17)23(27,18-12-6-2-7-13-18)19-14-8-3-9-15-19/h1-15,27H,16H2. The Morgan fingerprint density at radius 1 is 0.862 bits per heavy atom. The first kappa shape index (κ1) is 18.6. The molecule has 0 fully saturated rings. The van der Waals surface area contributed by atoms with E-state index in [0.717, 1.165) is 5.56 Å². The van der Waals surface area contributed by atoms with Crippen LogP contribution in [0.15, 0.2) is 95.5 Å². The summed E-state index contributed by atoms with van der Waals surface area (Å²) in [5.41, 5.74) is -0.345. The lowest BCUT2D eigenvalue weighted by molar-refractivity contribution is -0.164. The summed E-state index contributed by atoms with van der Waals surface area (Å²) in [4.78, 5) is 17.2. The number of rotatable bonds is 6. The largest absolute Gasteiger partial charge is 0.453 e. The van der Waals surface area contributed by atoms with Crippen LogP contribution in [0.5, 0.6) is 0 Å². The molecule has 144 valence electrons. The molecule has 0 saturated heterocycles. The first-order chi connectivity index (χ1) is 14.2. The van der Waals surface area contributed by atoms with Crippen molar-refractivity contribution >= 4 is 5.97 Å². The molecule has 1 aromatic heterocycles. The molecule has 6 heteroatoms. The lowest BCUT2D eigenvalue weighted by Crippen LogP contribution is -2.38. The van der Waals surface area contributed by atoms with Crippen molar-refractivity contribution in [2.75, 3.05) is 0 Å². The first-order valence-corrected chi connectivity index (χ1v) is 9.06. The minimum absolute atomic E-state index is 0.140. The minimum Gasteiger partial charge on any atom is -0.453 e. The van der Waals surface area contributed by atoms with Crippen LogP contribution in [0.4, 0.5) is 0 Å². The molecule has 0 spiro atoms. The van der Waals surface area contributed by atoms with Crippen molar-refractivity contribution in [2.45, 2.75) is 12.2 Å². The van der Waals surface area contributed by atoms with Crippen molar-refractivity contribution in [3.63, 3.8) is 0 Å². The van der Waals surface area contributed by atoms with Gasteiger partial charge in [0.05, 0.1) is 0 Å². The lowest BCUT2D eigenvalue weighted by Gasteiger charge is -2.26. The van der Waals surface area contributed by atoms with Gasteiger partial charge in [-0.05, 0) is 11.1 Å². The van der Waals surface area contributed by atoms with Crippen molar-refractivity contribution < 1.29 is 19.2 Å². The van der Waals surface area contributed by atoms with Gasteiger partial charge in [0, 0.05) is 5.56 Å². The summed E-state index contributed by atoms with van der Waals surface area (Å²) < 4.78 is 10.5. The molecule has 4 aromatic rings. The van der Waals surface area contributed by atoms with E-state index < -0.39 is 11.6 Å². The summed E-state index contributed by atoms with van der Waals surface area (Å²) in [6.07, 6.45) is 0. The predicted octanol–water partition coefficient (Wildman–Crippen LogP) is 3.72. The summed E-state index contributed by atoms with van der Waals surface area (Å²) in [6, 6.07) is 26.6. The number of aromatic nitrogens is 2. The molecule has 0 unspecified atom stereocenters. The molecule has 0 aliphatic carbocycles. The maximum absolute atomic E-state index is 13.0. The third kappa shape index (κ3) is 3.79. The van der Waals surface area contributed by atoms with Gasteiger partial charge in [-0.15, -0.1) is 0 Å². The molecular formula is C23H18N2O4. The normalized spacial score (nSPS) is 11.2. The molecule has 1 heterocycles. The molecule has 0 aliphatic rings. The van der Waals surface area contributed by atoms with E-state index in [2.05, 4.69) is 10.1 Å². The fraction of sp³-hybridized carbons (Fsp3) is 0.0870. The molecule has 0 saturated carbocycles. The van der Waals surface area contributed by atoms with Gasteiger partial charge in [-0.2, -0.15) is 4.98 Å². The molecule has 0 amide bonds. The number of hydrogen-bond acceptors (Lipinski definition) is 6. The number of benzene rings is 3. The number of esters is 1. The summed E-state index contributed by atoms with van der Waals surface area (Å²) >= 11 is 0. The van der Waals surface area contributed by atoms with Crippen molar-refractivity contribution in [3.8, 4) is 11.4 Å². The summed E-state index contributed by atoms with van der Waals surface area (Å²) in [6.45, 7) is -0.249. The third-order valence-corrected chi connectivity index (χ3v) is 4.51. The Morgan fingerprint density at radius 2 is 1.38 bits per heavy atom. The van der Waals surface area contributed by atoms with E-state index in [4.69, 9.17) is 9.26 Å². The summed E-state index contributed by atoms with van der Waals surface area (Å²) in [7, 11) is 0. The molecule has 1 N–H and O–H groups in total. The Labute approximate surface area is 167 Å². The number of hydrogen-bond donors (Lipinski definition) is 1. The van der Waals surface area contributed by atoms with Gasteiger partial charge in [0.2, 0.25) is 11.4 Å².